The van der Waals surface area contributed by atoms with Gasteiger partial charge in [0.1, 0.15) is 5.82 Å². The minimum atomic E-state index is -0.108. The van der Waals surface area contributed by atoms with Gasteiger partial charge in [-0.15, -0.1) is 11.8 Å². The summed E-state index contributed by atoms with van der Waals surface area (Å²) in [4.78, 5) is 1.06. The van der Waals surface area contributed by atoms with Crippen LogP contribution in [0.5, 0.6) is 0 Å². The molecule has 0 heterocycles. The Balaban J connectivity index is 2.66. The number of hydrogen-bond acceptors (Lipinski definition) is 2. The van der Waals surface area contributed by atoms with Gasteiger partial charge in [0.15, 0.2) is 0 Å². The summed E-state index contributed by atoms with van der Waals surface area (Å²) in [6.45, 7) is 5.01. The van der Waals surface area contributed by atoms with Crippen LogP contribution in [0, 0.1) is 11.7 Å². The Morgan fingerprint density at radius 2 is 2.12 bits per heavy atom. The average Bonchev–Trinajstić information content (AvgIpc) is 2.22. The summed E-state index contributed by atoms with van der Waals surface area (Å²) >= 11 is 1.75. The minimum Gasteiger partial charge on any atom is -0.316 e. The zero-order valence-electron chi connectivity index (χ0n) is 10.2. The second-order valence-corrected chi connectivity index (χ2v) is 5.41. The van der Waals surface area contributed by atoms with E-state index in [2.05, 4.69) is 19.2 Å². The van der Waals surface area contributed by atoms with Crippen molar-refractivity contribution in [3.63, 3.8) is 0 Å². The predicted octanol–water partition coefficient (Wildman–Crippen LogP) is 3.68. The Labute approximate surface area is 102 Å². The van der Waals surface area contributed by atoms with Crippen LogP contribution >= 0.6 is 11.8 Å². The molecule has 0 aliphatic carbocycles. The standard InChI is InChI=1S/C13H20FNS/c1-10(2)7-8-16-13-6-4-5-12(14)11(13)9-15-3/h4-6,10,15H,7-9H2,1-3H3. The first kappa shape index (κ1) is 13.5. The number of nitrogens with one attached hydrogen (secondary N) is 1. The molecular formula is C13H20FNS. The van der Waals surface area contributed by atoms with E-state index in [0.717, 1.165) is 16.2 Å². The molecule has 1 rings (SSSR count). The Bertz CT molecular complexity index is 326. The second-order valence-electron chi connectivity index (χ2n) is 4.28. The summed E-state index contributed by atoms with van der Waals surface area (Å²) in [5, 5.41) is 3.01. The van der Waals surface area contributed by atoms with E-state index in [-0.39, 0.29) is 5.82 Å². The van der Waals surface area contributed by atoms with Crippen LogP contribution in [-0.4, -0.2) is 12.8 Å². The minimum absolute atomic E-state index is 0.108. The molecule has 0 spiro atoms. The third-order valence-corrected chi connectivity index (χ3v) is 3.52. The van der Waals surface area contributed by atoms with Crippen LogP contribution in [0.15, 0.2) is 23.1 Å². The van der Waals surface area contributed by atoms with Crippen molar-refractivity contribution in [2.24, 2.45) is 5.92 Å². The topological polar surface area (TPSA) is 12.0 Å². The number of rotatable bonds is 6. The Kier molecular flexibility index (Phi) is 5.85. The van der Waals surface area contributed by atoms with Crippen molar-refractivity contribution in [1.29, 1.82) is 0 Å². The highest BCUT2D eigenvalue weighted by molar-refractivity contribution is 7.99. The summed E-state index contributed by atoms with van der Waals surface area (Å²) in [6, 6.07) is 5.31. The molecule has 16 heavy (non-hydrogen) atoms. The summed E-state index contributed by atoms with van der Waals surface area (Å²) in [5.74, 6) is 1.65. The summed E-state index contributed by atoms with van der Waals surface area (Å²) in [5.41, 5.74) is 0.791. The van der Waals surface area contributed by atoms with Crippen LogP contribution in [0.2, 0.25) is 0 Å². The van der Waals surface area contributed by atoms with Crippen LogP contribution in [0.25, 0.3) is 0 Å². The maximum atomic E-state index is 13.6. The van der Waals surface area contributed by atoms with E-state index in [9.17, 15) is 4.39 Å². The van der Waals surface area contributed by atoms with E-state index < -0.39 is 0 Å². The maximum Gasteiger partial charge on any atom is 0.128 e. The molecule has 0 saturated heterocycles. The molecule has 0 bridgehead atoms. The molecule has 3 heteroatoms. The molecule has 0 saturated carbocycles. The molecule has 0 amide bonds. The highest BCUT2D eigenvalue weighted by atomic mass is 32.2. The van der Waals surface area contributed by atoms with Gasteiger partial charge in [0.05, 0.1) is 0 Å². The molecule has 1 nitrogen and oxygen atoms in total. The van der Waals surface area contributed by atoms with Gasteiger partial charge in [0.25, 0.3) is 0 Å². The van der Waals surface area contributed by atoms with E-state index in [1.54, 1.807) is 17.8 Å². The summed E-state index contributed by atoms with van der Waals surface area (Å²) < 4.78 is 13.6. The number of benzene rings is 1. The zero-order valence-corrected chi connectivity index (χ0v) is 11.0. The predicted molar refractivity (Wildman–Crippen MR) is 69.3 cm³/mol. The van der Waals surface area contributed by atoms with Crippen LogP contribution in [0.4, 0.5) is 4.39 Å². The molecule has 0 aromatic heterocycles. The average molecular weight is 241 g/mol. The number of halogens is 1. The smallest absolute Gasteiger partial charge is 0.128 e. The molecule has 1 N–H and O–H groups in total. The van der Waals surface area contributed by atoms with Gasteiger partial charge in [-0.05, 0) is 37.3 Å². The van der Waals surface area contributed by atoms with Gasteiger partial charge < -0.3 is 5.32 Å². The van der Waals surface area contributed by atoms with Crippen LogP contribution in [0.3, 0.4) is 0 Å². The van der Waals surface area contributed by atoms with Crippen molar-refractivity contribution in [3.8, 4) is 0 Å². The molecule has 0 radical (unpaired) electrons. The van der Waals surface area contributed by atoms with Crippen molar-refractivity contribution >= 4 is 11.8 Å². The molecule has 0 aliphatic rings. The van der Waals surface area contributed by atoms with Crippen molar-refractivity contribution in [2.45, 2.75) is 31.7 Å². The normalized spacial score (nSPS) is 11.1. The quantitative estimate of drug-likeness (QED) is 0.762. The van der Waals surface area contributed by atoms with E-state index in [1.165, 1.54) is 12.5 Å². The lowest BCUT2D eigenvalue weighted by atomic mass is 10.2. The van der Waals surface area contributed by atoms with Gasteiger partial charge in [-0.25, -0.2) is 4.39 Å². The molecule has 0 aliphatic heterocycles. The van der Waals surface area contributed by atoms with Crippen molar-refractivity contribution < 1.29 is 4.39 Å². The van der Waals surface area contributed by atoms with Gasteiger partial charge in [-0.1, -0.05) is 19.9 Å². The van der Waals surface area contributed by atoms with Crippen molar-refractivity contribution in [3.05, 3.63) is 29.6 Å². The fourth-order valence-corrected chi connectivity index (χ4v) is 2.75. The van der Waals surface area contributed by atoms with E-state index in [4.69, 9.17) is 0 Å². The highest BCUT2D eigenvalue weighted by Crippen LogP contribution is 2.26. The Hall–Kier alpha value is -0.540. The van der Waals surface area contributed by atoms with Gasteiger partial charge >= 0.3 is 0 Å². The third-order valence-electron chi connectivity index (χ3n) is 2.38. The first-order valence-corrected chi connectivity index (χ1v) is 6.68. The summed E-state index contributed by atoms with van der Waals surface area (Å²) in [7, 11) is 1.84. The van der Waals surface area contributed by atoms with Crippen LogP contribution < -0.4 is 5.32 Å². The zero-order chi connectivity index (χ0) is 12.0. The largest absolute Gasteiger partial charge is 0.316 e. The van der Waals surface area contributed by atoms with Gasteiger partial charge in [0, 0.05) is 17.0 Å². The van der Waals surface area contributed by atoms with Gasteiger partial charge in [-0.2, -0.15) is 0 Å². The Morgan fingerprint density at radius 1 is 1.38 bits per heavy atom. The van der Waals surface area contributed by atoms with Crippen molar-refractivity contribution in [1.82, 2.24) is 5.32 Å². The molecule has 0 atom stereocenters. The molecule has 1 aromatic rings. The highest BCUT2D eigenvalue weighted by Gasteiger charge is 2.07. The van der Waals surface area contributed by atoms with Crippen LogP contribution in [0.1, 0.15) is 25.8 Å². The number of hydrogen-bond donors (Lipinski definition) is 1. The van der Waals surface area contributed by atoms with Crippen LogP contribution in [-0.2, 0) is 6.54 Å². The lowest BCUT2D eigenvalue weighted by Gasteiger charge is -2.10. The maximum absolute atomic E-state index is 13.6. The van der Waals surface area contributed by atoms with E-state index >= 15 is 0 Å². The molecule has 90 valence electrons. The molecule has 0 fully saturated rings. The third kappa shape index (κ3) is 4.14. The monoisotopic (exact) mass is 241 g/mol. The molecule has 0 unspecified atom stereocenters. The number of thioether (sulfide) groups is 1. The fraction of sp³-hybridized carbons (Fsp3) is 0.538. The fourth-order valence-electron chi connectivity index (χ4n) is 1.43. The van der Waals surface area contributed by atoms with Gasteiger partial charge in [-0.3, -0.25) is 0 Å². The Morgan fingerprint density at radius 3 is 2.75 bits per heavy atom. The lowest BCUT2D eigenvalue weighted by Crippen LogP contribution is -2.08. The van der Waals surface area contributed by atoms with Crippen molar-refractivity contribution in [2.75, 3.05) is 12.8 Å². The first-order valence-electron chi connectivity index (χ1n) is 5.70. The summed E-state index contributed by atoms with van der Waals surface area (Å²) in [6.07, 6.45) is 1.17. The molecule has 1 aromatic carbocycles. The van der Waals surface area contributed by atoms with E-state index in [1.807, 2.05) is 13.1 Å². The van der Waals surface area contributed by atoms with E-state index in [0.29, 0.717) is 12.5 Å². The first-order chi connectivity index (χ1) is 7.65. The SMILES string of the molecule is CNCc1c(F)cccc1SCCC(C)C. The second kappa shape index (κ2) is 6.92. The molecular weight excluding hydrogens is 221 g/mol. The lowest BCUT2D eigenvalue weighted by molar-refractivity contribution is 0.593. The van der Waals surface area contributed by atoms with Gasteiger partial charge in [0.2, 0.25) is 0 Å².